The van der Waals surface area contributed by atoms with Crippen molar-refractivity contribution in [3.8, 4) is 0 Å². The average Bonchev–Trinajstić information content (AvgIpc) is 2.65. The summed E-state index contributed by atoms with van der Waals surface area (Å²) in [5.74, 6) is 0.762. The number of tetrazole rings is 1. The fourth-order valence-electron chi connectivity index (χ4n) is 1.99. The molecule has 1 atom stereocenters. The highest BCUT2D eigenvalue weighted by Crippen LogP contribution is 2.13. The van der Waals surface area contributed by atoms with Crippen molar-refractivity contribution in [2.75, 3.05) is 25.0 Å². The summed E-state index contributed by atoms with van der Waals surface area (Å²) in [5.41, 5.74) is 0. The van der Waals surface area contributed by atoms with Crippen molar-refractivity contribution >= 4 is 5.95 Å². The van der Waals surface area contributed by atoms with E-state index in [1.54, 1.807) is 4.68 Å². The van der Waals surface area contributed by atoms with Gasteiger partial charge in [-0.3, -0.25) is 0 Å². The lowest BCUT2D eigenvalue weighted by molar-refractivity contribution is 0.226. The van der Waals surface area contributed by atoms with Crippen LogP contribution < -0.4 is 5.32 Å². The molecule has 15 heavy (non-hydrogen) atoms. The molecule has 1 saturated heterocycles. The minimum Gasteiger partial charge on any atom is -0.349 e. The topological polar surface area (TPSA) is 58.9 Å². The third-order valence-corrected chi connectivity index (χ3v) is 2.91. The molecule has 1 N–H and O–H groups in total. The fraction of sp³-hybridized carbons (Fsp3) is 0.889. The Morgan fingerprint density at radius 3 is 3.07 bits per heavy atom. The first kappa shape index (κ1) is 10.4. The van der Waals surface area contributed by atoms with E-state index in [9.17, 15) is 0 Å². The van der Waals surface area contributed by atoms with Gasteiger partial charge in [0.25, 0.3) is 0 Å². The van der Waals surface area contributed by atoms with E-state index in [1.165, 1.54) is 19.4 Å². The Balaban J connectivity index is 1.92. The number of anilines is 1. The Morgan fingerprint density at radius 1 is 1.53 bits per heavy atom. The Morgan fingerprint density at radius 2 is 2.40 bits per heavy atom. The molecule has 0 bridgehead atoms. The van der Waals surface area contributed by atoms with E-state index in [0.29, 0.717) is 6.04 Å². The maximum Gasteiger partial charge on any atom is 0.242 e. The fourth-order valence-corrected chi connectivity index (χ4v) is 1.99. The molecule has 0 aliphatic carbocycles. The molecule has 2 rings (SSSR count). The lowest BCUT2D eigenvalue weighted by Crippen LogP contribution is -2.42. The summed E-state index contributed by atoms with van der Waals surface area (Å²) in [5, 5.41) is 14.7. The Hall–Kier alpha value is -1.17. The van der Waals surface area contributed by atoms with E-state index >= 15 is 0 Å². The highest BCUT2D eigenvalue weighted by Gasteiger charge is 2.19. The second kappa shape index (κ2) is 4.57. The number of likely N-dealkylation sites (tertiary alicyclic amines) is 1. The molecule has 0 amide bonds. The molecule has 2 heterocycles. The second-order valence-electron chi connectivity index (χ2n) is 4.00. The number of hydrogen-bond acceptors (Lipinski definition) is 5. The molecule has 1 aliphatic rings. The Labute approximate surface area is 89.6 Å². The van der Waals surface area contributed by atoms with E-state index < -0.39 is 0 Å². The van der Waals surface area contributed by atoms with Crippen molar-refractivity contribution in [2.45, 2.75) is 25.8 Å². The third-order valence-electron chi connectivity index (χ3n) is 2.91. The number of aromatic nitrogens is 4. The van der Waals surface area contributed by atoms with Crippen LogP contribution in [-0.4, -0.2) is 50.8 Å². The van der Waals surface area contributed by atoms with Gasteiger partial charge in [0.2, 0.25) is 5.95 Å². The zero-order valence-electron chi connectivity index (χ0n) is 9.35. The van der Waals surface area contributed by atoms with Crippen molar-refractivity contribution < 1.29 is 0 Å². The molecular formula is C9H18N6. The summed E-state index contributed by atoms with van der Waals surface area (Å²) in [6, 6.07) is 0.475. The maximum absolute atomic E-state index is 3.93. The molecule has 1 aromatic heterocycles. The lowest BCUT2D eigenvalue weighted by atomic mass is 10.1. The molecule has 0 aromatic carbocycles. The van der Waals surface area contributed by atoms with Crippen molar-refractivity contribution in [2.24, 2.45) is 7.05 Å². The molecule has 0 spiro atoms. The SMILES string of the molecule is CCN1CCCC(Nc2nnnn2C)C1. The van der Waals surface area contributed by atoms with Crippen molar-refractivity contribution in [1.82, 2.24) is 25.1 Å². The van der Waals surface area contributed by atoms with Gasteiger partial charge in [0.05, 0.1) is 0 Å². The number of hydrogen-bond donors (Lipinski definition) is 1. The van der Waals surface area contributed by atoms with Gasteiger partial charge < -0.3 is 10.2 Å². The molecule has 1 aliphatic heterocycles. The van der Waals surface area contributed by atoms with Crippen molar-refractivity contribution in [1.29, 1.82) is 0 Å². The van der Waals surface area contributed by atoms with E-state index in [2.05, 4.69) is 32.7 Å². The van der Waals surface area contributed by atoms with Crippen molar-refractivity contribution in [3.63, 3.8) is 0 Å². The van der Waals surface area contributed by atoms with Gasteiger partial charge >= 0.3 is 0 Å². The molecule has 0 saturated carbocycles. The normalized spacial score (nSPS) is 22.9. The molecule has 1 aromatic rings. The zero-order chi connectivity index (χ0) is 10.7. The van der Waals surface area contributed by atoms with Gasteiger partial charge in [-0.25, -0.2) is 4.68 Å². The first-order valence-corrected chi connectivity index (χ1v) is 5.51. The number of aryl methyl sites for hydroxylation is 1. The van der Waals surface area contributed by atoms with Crippen LogP contribution in [0.3, 0.4) is 0 Å². The van der Waals surface area contributed by atoms with Gasteiger partial charge in [0.15, 0.2) is 0 Å². The molecule has 1 unspecified atom stereocenters. The second-order valence-corrected chi connectivity index (χ2v) is 4.00. The van der Waals surface area contributed by atoms with Gasteiger partial charge in [-0.1, -0.05) is 12.0 Å². The van der Waals surface area contributed by atoms with Gasteiger partial charge in [-0.05, 0) is 36.4 Å². The molecule has 0 radical (unpaired) electrons. The van der Waals surface area contributed by atoms with Crippen LogP contribution in [0.1, 0.15) is 19.8 Å². The largest absolute Gasteiger partial charge is 0.349 e. The first-order valence-electron chi connectivity index (χ1n) is 5.51. The standard InChI is InChI=1S/C9H18N6/c1-3-15-6-4-5-8(7-15)10-9-11-12-13-14(9)2/h8H,3-7H2,1-2H3,(H,10,11,13). The summed E-state index contributed by atoms with van der Waals surface area (Å²) in [6.45, 7) is 5.62. The molecule has 6 nitrogen and oxygen atoms in total. The molecule has 6 heteroatoms. The van der Waals surface area contributed by atoms with E-state index in [0.717, 1.165) is 19.0 Å². The lowest BCUT2D eigenvalue weighted by Gasteiger charge is -2.32. The van der Waals surface area contributed by atoms with Crippen LogP contribution in [0, 0.1) is 0 Å². The quantitative estimate of drug-likeness (QED) is 0.767. The van der Waals surface area contributed by atoms with Gasteiger partial charge in [0, 0.05) is 19.6 Å². The number of likely N-dealkylation sites (N-methyl/N-ethyl adjacent to an activating group) is 1. The summed E-state index contributed by atoms with van der Waals surface area (Å²) < 4.78 is 1.67. The maximum atomic E-state index is 3.93. The van der Waals surface area contributed by atoms with E-state index in [1.807, 2.05) is 7.05 Å². The van der Waals surface area contributed by atoms with Crippen molar-refractivity contribution in [3.05, 3.63) is 0 Å². The molecule has 1 fully saturated rings. The highest BCUT2D eigenvalue weighted by atomic mass is 15.6. The molecule has 84 valence electrons. The monoisotopic (exact) mass is 210 g/mol. The van der Waals surface area contributed by atoms with E-state index in [-0.39, 0.29) is 0 Å². The van der Waals surface area contributed by atoms with E-state index in [4.69, 9.17) is 0 Å². The zero-order valence-corrected chi connectivity index (χ0v) is 9.35. The highest BCUT2D eigenvalue weighted by molar-refractivity contribution is 5.23. The number of nitrogens with zero attached hydrogens (tertiary/aromatic N) is 5. The number of piperidine rings is 1. The summed E-state index contributed by atoms with van der Waals surface area (Å²) >= 11 is 0. The van der Waals surface area contributed by atoms with Crippen LogP contribution >= 0.6 is 0 Å². The van der Waals surface area contributed by atoms with Crippen LogP contribution in [0.15, 0.2) is 0 Å². The van der Waals surface area contributed by atoms with Crippen LogP contribution in [0.25, 0.3) is 0 Å². The summed E-state index contributed by atoms with van der Waals surface area (Å²) in [4.78, 5) is 2.45. The van der Waals surface area contributed by atoms with Gasteiger partial charge in [-0.15, -0.1) is 0 Å². The average molecular weight is 210 g/mol. The minimum absolute atomic E-state index is 0.475. The molecular weight excluding hydrogens is 192 g/mol. The smallest absolute Gasteiger partial charge is 0.242 e. The summed E-state index contributed by atoms with van der Waals surface area (Å²) in [6.07, 6.45) is 2.44. The predicted octanol–water partition coefficient (Wildman–Crippen LogP) is 0.106. The van der Waals surface area contributed by atoms with Gasteiger partial charge in [-0.2, -0.15) is 0 Å². The van der Waals surface area contributed by atoms with Gasteiger partial charge in [0.1, 0.15) is 0 Å². The third kappa shape index (κ3) is 2.44. The van der Waals surface area contributed by atoms with Crippen LogP contribution in [0.5, 0.6) is 0 Å². The van der Waals surface area contributed by atoms with Crippen LogP contribution in [0.4, 0.5) is 5.95 Å². The summed E-state index contributed by atoms with van der Waals surface area (Å²) in [7, 11) is 1.85. The Bertz CT molecular complexity index is 309. The Kier molecular flexibility index (Phi) is 3.15. The minimum atomic E-state index is 0.475. The number of nitrogens with one attached hydrogen (secondary N) is 1. The predicted molar refractivity (Wildman–Crippen MR) is 57.6 cm³/mol. The first-order chi connectivity index (χ1) is 7.29. The van der Waals surface area contributed by atoms with Crippen LogP contribution in [-0.2, 0) is 7.05 Å². The van der Waals surface area contributed by atoms with Crippen LogP contribution in [0.2, 0.25) is 0 Å². The number of rotatable bonds is 3.